The SMILES string of the molecule is Cc1ccccc1NC(=O)COc1c(C=Nn2c(C(C)C)nc3ccc(Br)cc3c2=O)cc(Cl)cc1[N+](=O)[O-]. The predicted octanol–water partition coefficient (Wildman–Crippen LogP) is 6.05. The van der Waals surface area contributed by atoms with Crippen LogP contribution >= 0.6 is 27.5 Å². The van der Waals surface area contributed by atoms with E-state index in [1.807, 2.05) is 32.9 Å². The molecule has 0 atom stereocenters. The van der Waals surface area contributed by atoms with E-state index < -0.39 is 28.7 Å². The van der Waals surface area contributed by atoms with Crippen LogP contribution in [0.1, 0.15) is 36.7 Å². The molecule has 0 saturated carbocycles. The van der Waals surface area contributed by atoms with Crippen molar-refractivity contribution >= 4 is 61.9 Å². The van der Waals surface area contributed by atoms with Gasteiger partial charge in [0.05, 0.1) is 22.0 Å². The molecule has 0 aliphatic heterocycles. The number of nitrogens with zero attached hydrogens (tertiary/aromatic N) is 4. The number of amides is 1. The zero-order chi connectivity index (χ0) is 28.3. The molecule has 0 fully saturated rings. The van der Waals surface area contributed by atoms with Gasteiger partial charge in [0.2, 0.25) is 5.75 Å². The van der Waals surface area contributed by atoms with Crippen molar-refractivity contribution in [2.75, 3.05) is 11.9 Å². The lowest BCUT2D eigenvalue weighted by molar-refractivity contribution is -0.385. The molecule has 1 heterocycles. The van der Waals surface area contributed by atoms with Crippen LogP contribution in [0.25, 0.3) is 10.9 Å². The van der Waals surface area contributed by atoms with E-state index in [2.05, 4.69) is 31.3 Å². The number of nitro groups is 1. The molecular formula is C27H23BrClN5O5. The molecule has 1 amide bonds. The van der Waals surface area contributed by atoms with Gasteiger partial charge in [0.15, 0.2) is 6.61 Å². The van der Waals surface area contributed by atoms with Crippen LogP contribution in [0.2, 0.25) is 5.02 Å². The van der Waals surface area contributed by atoms with E-state index in [1.165, 1.54) is 12.3 Å². The Bertz CT molecular complexity index is 1690. The van der Waals surface area contributed by atoms with Crippen molar-refractivity contribution in [1.82, 2.24) is 9.66 Å². The van der Waals surface area contributed by atoms with E-state index in [-0.39, 0.29) is 22.3 Å². The maximum absolute atomic E-state index is 13.3. The summed E-state index contributed by atoms with van der Waals surface area (Å²) >= 11 is 9.52. The molecule has 10 nitrogen and oxygen atoms in total. The number of para-hydroxylation sites is 1. The van der Waals surface area contributed by atoms with Crippen LogP contribution in [-0.4, -0.2) is 33.3 Å². The molecule has 0 aliphatic carbocycles. The highest BCUT2D eigenvalue weighted by Gasteiger charge is 2.22. The molecule has 12 heteroatoms. The van der Waals surface area contributed by atoms with Gasteiger partial charge >= 0.3 is 5.69 Å². The van der Waals surface area contributed by atoms with Crippen molar-refractivity contribution in [2.24, 2.45) is 5.10 Å². The van der Waals surface area contributed by atoms with E-state index in [1.54, 1.807) is 30.3 Å². The zero-order valence-corrected chi connectivity index (χ0v) is 23.5. The lowest BCUT2D eigenvalue weighted by atomic mass is 10.1. The number of nitro benzene ring substituents is 1. The topological polar surface area (TPSA) is 129 Å². The molecule has 4 aromatic rings. The first-order chi connectivity index (χ1) is 18.5. The standard InChI is InChI=1S/C27H23BrClN5O5/c1-15(2)26-32-22-9-8-18(28)11-20(22)27(36)33(26)30-13-17-10-19(29)12-23(34(37)38)25(17)39-14-24(35)31-21-7-5-4-6-16(21)3/h4-13,15H,14H2,1-3H3,(H,31,35). The number of ether oxygens (including phenoxy) is 1. The third-order valence-corrected chi connectivity index (χ3v) is 6.40. The van der Waals surface area contributed by atoms with Gasteiger partial charge in [-0.15, -0.1) is 0 Å². The van der Waals surface area contributed by atoms with Crippen LogP contribution in [-0.2, 0) is 4.79 Å². The van der Waals surface area contributed by atoms with Gasteiger partial charge in [-0.25, -0.2) is 4.98 Å². The molecule has 200 valence electrons. The van der Waals surface area contributed by atoms with E-state index in [0.29, 0.717) is 26.9 Å². The smallest absolute Gasteiger partial charge is 0.313 e. The van der Waals surface area contributed by atoms with Crippen LogP contribution in [0.4, 0.5) is 11.4 Å². The highest BCUT2D eigenvalue weighted by atomic mass is 79.9. The summed E-state index contributed by atoms with van der Waals surface area (Å²) in [4.78, 5) is 41.6. The fourth-order valence-electron chi connectivity index (χ4n) is 3.80. The second-order valence-electron chi connectivity index (χ2n) is 8.90. The molecule has 3 aromatic carbocycles. The third kappa shape index (κ3) is 6.32. The number of hydrogen-bond acceptors (Lipinski definition) is 7. The van der Waals surface area contributed by atoms with Crippen LogP contribution in [0.3, 0.4) is 0 Å². The molecule has 0 aliphatic rings. The summed E-state index contributed by atoms with van der Waals surface area (Å²) in [6.07, 6.45) is 1.23. The van der Waals surface area contributed by atoms with Gasteiger partial charge in [0.1, 0.15) is 5.82 Å². The molecule has 4 rings (SSSR count). The van der Waals surface area contributed by atoms with Crippen LogP contribution < -0.4 is 15.6 Å². The van der Waals surface area contributed by atoms with Gasteiger partial charge in [-0.1, -0.05) is 59.6 Å². The second kappa shape index (κ2) is 11.7. The summed E-state index contributed by atoms with van der Waals surface area (Å²) in [5.74, 6) is -0.511. The highest BCUT2D eigenvalue weighted by molar-refractivity contribution is 9.10. The summed E-state index contributed by atoms with van der Waals surface area (Å²) in [6, 6.07) is 14.9. The van der Waals surface area contributed by atoms with Crippen molar-refractivity contribution in [3.8, 4) is 5.75 Å². The lowest BCUT2D eigenvalue weighted by Gasteiger charge is -2.13. The Balaban J connectivity index is 1.74. The van der Waals surface area contributed by atoms with Crippen LogP contribution in [0, 0.1) is 17.0 Å². The lowest BCUT2D eigenvalue weighted by Crippen LogP contribution is -2.23. The molecule has 0 radical (unpaired) electrons. The summed E-state index contributed by atoms with van der Waals surface area (Å²) in [5.41, 5.74) is 1.19. The Labute approximate surface area is 236 Å². The Morgan fingerprint density at radius 1 is 1.26 bits per heavy atom. The maximum atomic E-state index is 13.3. The van der Waals surface area contributed by atoms with Crippen LogP contribution in [0.5, 0.6) is 5.75 Å². The normalized spacial score (nSPS) is 11.3. The van der Waals surface area contributed by atoms with E-state index in [4.69, 9.17) is 16.3 Å². The molecule has 1 N–H and O–H groups in total. The number of carbonyl (C=O) groups is 1. The van der Waals surface area contributed by atoms with Crippen molar-refractivity contribution in [3.63, 3.8) is 0 Å². The van der Waals surface area contributed by atoms with E-state index in [9.17, 15) is 19.7 Å². The van der Waals surface area contributed by atoms with E-state index in [0.717, 1.165) is 16.3 Å². The van der Waals surface area contributed by atoms with Crippen molar-refractivity contribution in [1.29, 1.82) is 0 Å². The Morgan fingerprint density at radius 2 is 2.00 bits per heavy atom. The van der Waals surface area contributed by atoms with Crippen LogP contribution in [0.15, 0.2) is 69.0 Å². The molecule has 0 spiro atoms. The Morgan fingerprint density at radius 3 is 2.69 bits per heavy atom. The van der Waals surface area contributed by atoms with Gasteiger partial charge in [-0.05, 0) is 42.8 Å². The minimum absolute atomic E-state index is 0.0526. The molecule has 0 saturated heterocycles. The Kier molecular flexibility index (Phi) is 8.41. The number of hydrogen-bond donors (Lipinski definition) is 1. The number of aromatic nitrogens is 2. The number of fused-ring (bicyclic) bond motifs is 1. The number of carbonyl (C=O) groups excluding carboxylic acids is 1. The number of rotatable bonds is 8. The Hall–Kier alpha value is -4.09. The summed E-state index contributed by atoms with van der Waals surface area (Å²) in [7, 11) is 0. The number of halogens is 2. The molecular weight excluding hydrogens is 590 g/mol. The molecule has 0 bridgehead atoms. The summed E-state index contributed by atoms with van der Waals surface area (Å²) < 4.78 is 7.47. The number of benzene rings is 3. The quantitative estimate of drug-likeness (QED) is 0.146. The molecule has 1 aromatic heterocycles. The fraction of sp³-hybridized carbons (Fsp3) is 0.185. The first-order valence-electron chi connectivity index (χ1n) is 11.8. The largest absolute Gasteiger partial charge is 0.476 e. The van der Waals surface area contributed by atoms with Gasteiger partial charge in [0, 0.05) is 32.7 Å². The zero-order valence-electron chi connectivity index (χ0n) is 21.1. The number of aryl methyl sites for hydroxylation is 1. The first kappa shape index (κ1) is 27.9. The minimum atomic E-state index is -0.668. The van der Waals surface area contributed by atoms with Crippen molar-refractivity contribution < 1.29 is 14.5 Å². The van der Waals surface area contributed by atoms with Gasteiger partial charge in [-0.2, -0.15) is 9.78 Å². The van der Waals surface area contributed by atoms with Crippen molar-refractivity contribution in [2.45, 2.75) is 26.7 Å². The monoisotopic (exact) mass is 611 g/mol. The number of nitrogens with one attached hydrogen (secondary N) is 1. The van der Waals surface area contributed by atoms with E-state index >= 15 is 0 Å². The van der Waals surface area contributed by atoms with Gasteiger partial charge < -0.3 is 10.1 Å². The summed E-state index contributed by atoms with van der Waals surface area (Å²) in [5, 5.41) is 19.2. The second-order valence-corrected chi connectivity index (χ2v) is 10.3. The maximum Gasteiger partial charge on any atom is 0.313 e. The predicted molar refractivity (Wildman–Crippen MR) is 154 cm³/mol. The average Bonchev–Trinajstić information content (AvgIpc) is 2.88. The average molecular weight is 613 g/mol. The minimum Gasteiger partial charge on any atom is -0.476 e. The molecule has 0 unspecified atom stereocenters. The van der Waals surface area contributed by atoms with Gasteiger partial charge in [0.25, 0.3) is 11.5 Å². The van der Waals surface area contributed by atoms with Gasteiger partial charge in [-0.3, -0.25) is 19.7 Å². The first-order valence-corrected chi connectivity index (χ1v) is 12.9. The number of anilines is 1. The highest BCUT2D eigenvalue weighted by Crippen LogP contribution is 2.34. The third-order valence-electron chi connectivity index (χ3n) is 5.69. The fourth-order valence-corrected chi connectivity index (χ4v) is 4.38. The molecule has 39 heavy (non-hydrogen) atoms. The summed E-state index contributed by atoms with van der Waals surface area (Å²) in [6.45, 7) is 5.05. The van der Waals surface area contributed by atoms with Crippen molar-refractivity contribution in [3.05, 3.63) is 102 Å².